The summed E-state index contributed by atoms with van der Waals surface area (Å²) in [6, 6.07) is 4.02. The second kappa shape index (κ2) is 7.02. The van der Waals surface area contributed by atoms with E-state index in [0.29, 0.717) is 26.4 Å². The van der Waals surface area contributed by atoms with Gasteiger partial charge in [-0.1, -0.05) is 18.7 Å². The molecule has 0 amide bonds. The molecule has 0 aliphatic carbocycles. The van der Waals surface area contributed by atoms with Crippen molar-refractivity contribution in [3.8, 4) is 0 Å². The summed E-state index contributed by atoms with van der Waals surface area (Å²) in [5.74, 6) is -0.859. The van der Waals surface area contributed by atoms with Gasteiger partial charge in [0.25, 0.3) is 0 Å². The van der Waals surface area contributed by atoms with Crippen LogP contribution in [0.3, 0.4) is 0 Å². The van der Waals surface area contributed by atoms with Crippen molar-refractivity contribution in [2.75, 3.05) is 6.61 Å². The first-order valence-electron chi connectivity index (χ1n) is 6.45. The van der Waals surface area contributed by atoms with E-state index in [4.69, 9.17) is 17.0 Å². The molecular weight excluding hydrogens is 371 g/mol. The van der Waals surface area contributed by atoms with E-state index in [2.05, 4.69) is 33.1 Å². The lowest BCUT2D eigenvalue weighted by molar-refractivity contribution is -0.138. The Bertz CT molecular complexity index is 676. The molecule has 1 aromatic rings. The van der Waals surface area contributed by atoms with Crippen molar-refractivity contribution in [2.45, 2.75) is 13.0 Å². The minimum atomic E-state index is -0.511. The molecule has 0 aromatic heterocycles. The minimum absolute atomic E-state index is 0.111. The van der Waals surface area contributed by atoms with Crippen LogP contribution >= 0.6 is 28.1 Å². The third-order valence-corrected chi connectivity index (χ3v) is 3.93. The number of hydrogen-bond acceptors (Lipinski definition) is 3. The van der Waals surface area contributed by atoms with Gasteiger partial charge < -0.3 is 15.4 Å². The predicted molar refractivity (Wildman–Crippen MR) is 89.6 cm³/mol. The molecule has 1 aliphatic heterocycles. The zero-order chi connectivity index (χ0) is 16.3. The Morgan fingerprint density at radius 3 is 2.95 bits per heavy atom. The number of thiocarbonyl (C=S) groups is 1. The molecule has 2 N–H and O–H groups in total. The Morgan fingerprint density at radius 2 is 2.32 bits per heavy atom. The number of esters is 1. The summed E-state index contributed by atoms with van der Waals surface area (Å²) in [6.45, 7) is 5.36. The molecule has 4 nitrogen and oxygen atoms in total. The number of allylic oxidation sites excluding steroid dienone is 1. The summed E-state index contributed by atoms with van der Waals surface area (Å²) in [6.07, 6.45) is 1.49. The molecule has 0 radical (unpaired) electrons. The highest BCUT2D eigenvalue weighted by atomic mass is 79.9. The van der Waals surface area contributed by atoms with Crippen LogP contribution < -0.4 is 10.6 Å². The normalized spacial score (nSPS) is 17.6. The van der Waals surface area contributed by atoms with E-state index in [0.717, 1.165) is 0 Å². The van der Waals surface area contributed by atoms with Crippen molar-refractivity contribution in [3.05, 3.63) is 58.0 Å². The van der Waals surface area contributed by atoms with Crippen LogP contribution in [0, 0.1) is 5.82 Å². The molecule has 7 heteroatoms. The van der Waals surface area contributed by atoms with Gasteiger partial charge in [0.15, 0.2) is 5.11 Å². The molecule has 1 heterocycles. The maximum absolute atomic E-state index is 13.4. The number of carbonyl (C=O) groups excluding carboxylic acids is 1. The van der Waals surface area contributed by atoms with Gasteiger partial charge in [-0.15, -0.1) is 0 Å². The van der Waals surface area contributed by atoms with E-state index >= 15 is 0 Å². The Kier molecular flexibility index (Phi) is 5.31. The number of carbonyl (C=O) groups is 1. The summed E-state index contributed by atoms with van der Waals surface area (Å²) in [5.41, 5.74) is 1.69. The molecular formula is C15H14BrFN2O2S. The number of benzene rings is 1. The monoisotopic (exact) mass is 384 g/mol. The van der Waals surface area contributed by atoms with Gasteiger partial charge in [0.1, 0.15) is 12.4 Å². The van der Waals surface area contributed by atoms with Crippen LogP contribution in [0.15, 0.2) is 46.6 Å². The molecule has 0 spiro atoms. The minimum Gasteiger partial charge on any atom is -0.458 e. The van der Waals surface area contributed by atoms with E-state index in [9.17, 15) is 9.18 Å². The van der Waals surface area contributed by atoms with Crippen molar-refractivity contribution in [2.24, 2.45) is 0 Å². The van der Waals surface area contributed by atoms with Gasteiger partial charge in [0, 0.05) is 5.70 Å². The average Bonchev–Trinajstić information content (AvgIpc) is 2.46. The molecule has 0 bridgehead atoms. The second-order valence-electron chi connectivity index (χ2n) is 4.63. The Hall–Kier alpha value is -1.73. The quantitative estimate of drug-likeness (QED) is 0.474. The Labute approximate surface area is 141 Å². The maximum Gasteiger partial charge on any atom is 0.338 e. The molecule has 116 valence electrons. The van der Waals surface area contributed by atoms with Gasteiger partial charge in [-0.3, -0.25) is 0 Å². The standard InChI is InChI=1S/C15H14BrFN2O2S/c1-3-6-21-14(20)12-8(2)18-15(22)19-13(12)9-4-5-11(17)10(16)7-9/h3-5,7,13H,1,6H2,2H3,(H2,18,19,22)/t13-/m1/s1. The largest absolute Gasteiger partial charge is 0.458 e. The number of halogens is 2. The topological polar surface area (TPSA) is 50.4 Å². The fraction of sp³-hybridized carbons (Fsp3) is 0.200. The Morgan fingerprint density at radius 1 is 1.59 bits per heavy atom. The molecule has 1 aromatic carbocycles. The fourth-order valence-corrected chi connectivity index (χ4v) is 2.79. The second-order valence-corrected chi connectivity index (χ2v) is 5.89. The highest BCUT2D eigenvalue weighted by Gasteiger charge is 2.31. The zero-order valence-electron chi connectivity index (χ0n) is 11.8. The molecule has 1 atom stereocenters. The van der Waals surface area contributed by atoms with Gasteiger partial charge in [-0.25, -0.2) is 9.18 Å². The third kappa shape index (κ3) is 3.53. The maximum atomic E-state index is 13.4. The summed E-state index contributed by atoms with van der Waals surface area (Å²) in [4.78, 5) is 12.3. The van der Waals surface area contributed by atoms with Gasteiger partial charge in [0.2, 0.25) is 0 Å². The highest BCUT2D eigenvalue weighted by Crippen LogP contribution is 2.30. The van der Waals surface area contributed by atoms with Gasteiger partial charge in [-0.2, -0.15) is 0 Å². The van der Waals surface area contributed by atoms with Gasteiger partial charge >= 0.3 is 5.97 Å². The molecule has 0 saturated heterocycles. The molecule has 22 heavy (non-hydrogen) atoms. The first-order chi connectivity index (χ1) is 10.4. The highest BCUT2D eigenvalue weighted by molar-refractivity contribution is 9.10. The van der Waals surface area contributed by atoms with Crippen molar-refractivity contribution in [1.29, 1.82) is 0 Å². The lowest BCUT2D eigenvalue weighted by Gasteiger charge is -2.30. The number of ether oxygens (including phenoxy) is 1. The van der Waals surface area contributed by atoms with E-state index in [-0.39, 0.29) is 12.4 Å². The summed E-state index contributed by atoms with van der Waals surface area (Å²) < 4.78 is 18.9. The van der Waals surface area contributed by atoms with E-state index < -0.39 is 12.0 Å². The van der Waals surface area contributed by atoms with Crippen molar-refractivity contribution >= 4 is 39.2 Å². The number of rotatable bonds is 4. The van der Waals surface area contributed by atoms with Crippen LogP contribution in [-0.2, 0) is 9.53 Å². The van der Waals surface area contributed by atoms with Gasteiger partial charge in [0.05, 0.1) is 16.1 Å². The lowest BCUT2D eigenvalue weighted by Crippen LogP contribution is -2.45. The lowest BCUT2D eigenvalue weighted by atomic mass is 9.96. The van der Waals surface area contributed by atoms with Crippen LogP contribution in [-0.4, -0.2) is 17.7 Å². The number of hydrogen-bond donors (Lipinski definition) is 2. The SMILES string of the molecule is C=CCOC(=O)C1=C(C)NC(=S)N[C@@H]1c1ccc(F)c(Br)c1. The van der Waals surface area contributed by atoms with Crippen LogP contribution in [0.1, 0.15) is 18.5 Å². The zero-order valence-corrected chi connectivity index (χ0v) is 14.2. The van der Waals surface area contributed by atoms with E-state index in [1.54, 1.807) is 19.1 Å². The molecule has 1 aliphatic rings. The average molecular weight is 385 g/mol. The Balaban J connectivity index is 2.42. The molecule has 0 fully saturated rings. The van der Waals surface area contributed by atoms with E-state index in [1.807, 2.05) is 0 Å². The fourth-order valence-electron chi connectivity index (χ4n) is 2.12. The van der Waals surface area contributed by atoms with Crippen molar-refractivity contribution < 1.29 is 13.9 Å². The first-order valence-corrected chi connectivity index (χ1v) is 7.65. The van der Waals surface area contributed by atoms with Crippen LogP contribution in [0.5, 0.6) is 0 Å². The van der Waals surface area contributed by atoms with E-state index in [1.165, 1.54) is 12.1 Å². The van der Waals surface area contributed by atoms with Crippen LogP contribution in [0.2, 0.25) is 0 Å². The third-order valence-electron chi connectivity index (χ3n) is 3.10. The molecule has 0 saturated carbocycles. The summed E-state index contributed by atoms with van der Waals surface area (Å²) in [5, 5.41) is 6.30. The van der Waals surface area contributed by atoms with Crippen LogP contribution in [0.25, 0.3) is 0 Å². The summed E-state index contributed by atoms with van der Waals surface area (Å²) >= 11 is 8.28. The van der Waals surface area contributed by atoms with Crippen LogP contribution in [0.4, 0.5) is 4.39 Å². The van der Waals surface area contributed by atoms with Crippen molar-refractivity contribution in [3.63, 3.8) is 0 Å². The predicted octanol–water partition coefficient (Wildman–Crippen LogP) is 3.11. The molecule has 0 unspecified atom stereocenters. The molecule has 2 rings (SSSR count). The smallest absolute Gasteiger partial charge is 0.338 e. The van der Waals surface area contributed by atoms with Gasteiger partial charge in [-0.05, 0) is 52.8 Å². The number of nitrogens with one attached hydrogen (secondary N) is 2. The van der Waals surface area contributed by atoms with Crippen molar-refractivity contribution in [1.82, 2.24) is 10.6 Å². The summed E-state index contributed by atoms with van der Waals surface area (Å²) in [7, 11) is 0. The first kappa shape index (κ1) is 16.6.